The Kier molecular flexibility index (Phi) is 6.37. The molecule has 0 aromatic heterocycles. The fourth-order valence-corrected chi connectivity index (χ4v) is 2.56. The van der Waals surface area contributed by atoms with Crippen LogP contribution in [0.2, 0.25) is 0 Å². The predicted molar refractivity (Wildman–Crippen MR) is 89.9 cm³/mol. The quantitative estimate of drug-likeness (QED) is 0.826. The van der Waals surface area contributed by atoms with E-state index in [0.717, 1.165) is 25.7 Å². The molecule has 1 aromatic rings. The molecule has 1 unspecified atom stereocenters. The molecule has 0 fully saturated rings. The minimum absolute atomic E-state index is 0.214. The van der Waals surface area contributed by atoms with Gasteiger partial charge >= 0.3 is 12.1 Å². The van der Waals surface area contributed by atoms with E-state index in [1.54, 1.807) is 19.2 Å². The number of ether oxygens (including phenoxy) is 1. The van der Waals surface area contributed by atoms with Crippen LogP contribution in [0.4, 0.5) is 10.5 Å². The molecule has 0 saturated carbocycles. The number of rotatable bonds is 4. The SMILES string of the molecule is CN(C(=O)O[C@H]1/C=C/CCCCC1)c1ccc(C(O)C(=O)O)cc1. The maximum Gasteiger partial charge on any atom is 0.414 e. The number of carbonyl (C=O) groups is 2. The minimum atomic E-state index is -1.57. The first kappa shape index (κ1) is 18.0. The summed E-state index contributed by atoms with van der Waals surface area (Å²) in [5.41, 5.74) is 0.826. The summed E-state index contributed by atoms with van der Waals surface area (Å²) < 4.78 is 5.52. The maximum absolute atomic E-state index is 12.3. The van der Waals surface area contributed by atoms with Crippen LogP contribution in [-0.4, -0.2) is 35.4 Å². The Morgan fingerprint density at radius 3 is 2.58 bits per heavy atom. The van der Waals surface area contributed by atoms with E-state index in [4.69, 9.17) is 9.84 Å². The van der Waals surface area contributed by atoms with Crippen LogP contribution in [0.3, 0.4) is 0 Å². The van der Waals surface area contributed by atoms with Crippen molar-refractivity contribution in [3.05, 3.63) is 42.0 Å². The van der Waals surface area contributed by atoms with Gasteiger partial charge in [-0.15, -0.1) is 0 Å². The standard InChI is InChI=1S/C18H23NO5/c1-19(14-11-9-13(10-12-14)16(20)17(21)22)18(23)24-15-7-5-3-2-4-6-8-15/h5,7,9-12,15-16,20H,2-4,6,8H2,1H3,(H,21,22)/b7-5+/t15-,16?/m0/s1. The van der Waals surface area contributed by atoms with Gasteiger partial charge in [0, 0.05) is 12.7 Å². The van der Waals surface area contributed by atoms with Crippen molar-refractivity contribution in [2.45, 2.75) is 44.3 Å². The lowest BCUT2D eigenvalue weighted by Gasteiger charge is -2.22. The van der Waals surface area contributed by atoms with Gasteiger partial charge in [-0.1, -0.05) is 24.6 Å². The Morgan fingerprint density at radius 1 is 1.21 bits per heavy atom. The topological polar surface area (TPSA) is 87.1 Å². The fourth-order valence-electron chi connectivity index (χ4n) is 2.56. The largest absolute Gasteiger partial charge is 0.479 e. The summed E-state index contributed by atoms with van der Waals surface area (Å²) in [5.74, 6) is -1.31. The molecule has 1 aliphatic rings. The molecular formula is C18H23NO5. The number of aliphatic hydroxyl groups is 1. The highest BCUT2D eigenvalue weighted by atomic mass is 16.6. The van der Waals surface area contributed by atoms with Crippen LogP contribution in [0.25, 0.3) is 0 Å². The zero-order valence-electron chi connectivity index (χ0n) is 13.7. The molecule has 0 bridgehead atoms. The average Bonchev–Trinajstić information content (AvgIpc) is 2.55. The van der Waals surface area contributed by atoms with Crippen molar-refractivity contribution in [1.82, 2.24) is 0 Å². The Hall–Kier alpha value is -2.34. The molecule has 2 rings (SSSR count). The highest BCUT2D eigenvalue weighted by Gasteiger charge is 2.19. The first-order valence-corrected chi connectivity index (χ1v) is 8.11. The van der Waals surface area contributed by atoms with Crippen LogP contribution in [-0.2, 0) is 9.53 Å². The molecule has 0 heterocycles. The summed E-state index contributed by atoms with van der Waals surface area (Å²) in [5, 5.41) is 18.3. The summed E-state index contributed by atoms with van der Waals surface area (Å²) >= 11 is 0. The van der Waals surface area contributed by atoms with Crippen LogP contribution < -0.4 is 4.90 Å². The van der Waals surface area contributed by atoms with Gasteiger partial charge in [0.15, 0.2) is 6.10 Å². The van der Waals surface area contributed by atoms with Crippen LogP contribution in [0.1, 0.15) is 43.8 Å². The second-order valence-electron chi connectivity index (χ2n) is 5.88. The van der Waals surface area contributed by atoms with Gasteiger partial charge < -0.3 is 14.9 Å². The van der Waals surface area contributed by atoms with Crippen molar-refractivity contribution < 1.29 is 24.5 Å². The first-order chi connectivity index (χ1) is 11.5. The van der Waals surface area contributed by atoms with E-state index >= 15 is 0 Å². The van der Waals surface area contributed by atoms with E-state index in [1.807, 2.05) is 6.08 Å². The summed E-state index contributed by atoms with van der Waals surface area (Å²) in [7, 11) is 1.59. The Morgan fingerprint density at radius 2 is 1.92 bits per heavy atom. The lowest BCUT2D eigenvalue weighted by molar-refractivity contribution is -0.146. The zero-order valence-corrected chi connectivity index (χ0v) is 13.7. The molecule has 24 heavy (non-hydrogen) atoms. The second-order valence-corrected chi connectivity index (χ2v) is 5.88. The predicted octanol–water partition coefficient (Wildman–Crippen LogP) is 3.27. The van der Waals surface area contributed by atoms with Gasteiger partial charge in [0.05, 0.1) is 0 Å². The van der Waals surface area contributed by atoms with Crippen molar-refractivity contribution in [3.63, 3.8) is 0 Å². The molecule has 6 nitrogen and oxygen atoms in total. The number of carboxylic acid groups (broad SMARTS) is 1. The summed E-state index contributed by atoms with van der Waals surface area (Å²) in [4.78, 5) is 24.4. The van der Waals surface area contributed by atoms with Gasteiger partial charge in [0.2, 0.25) is 0 Å². The number of benzene rings is 1. The van der Waals surface area contributed by atoms with Gasteiger partial charge in [-0.25, -0.2) is 9.59 Å². The molecule has 2 N–H and O–H groups in total. The Bertz CT molecular complexity index is 596. The zero-order chi connectivity index (χ0) is 17.5. The third kappa shape index (κ3) is 4.83. The number of allylic oxidation sites excluding steroid dienone is 1. The molecule has 0 spiro atoms. The number of aliphatic hydroxyl groups excluding tert-OH is 1. The van der Waals surface area contributed by atoms with Gasteiger partial charge in [-0.2, -0.15) is 0 Å². The number of amides is 1. The first-order valence-electron chi connectivity index (χ1n) is 8.11. The molecule has 0 aliphatic heterocycles. The van der Waals surface area contributed by atoms with Gasteiger partial charge in [-0.3, -0.25) is 4.90 Å². The fraction of sp³-hybridized carbons (Fsp3) is 0.444. The number of hydrogen-bond acceptors (Lipinski definition) is 4. The maximum atomic E-state index is 12.3. The molecular weight excluding hydrogens is 310 g/mol. The van der Waals surface area contributed by atoms with Crippen LogP contribution in [0.15, 0.2) is 36.4 Å². The van der Waals surface area contributed by atoms with E-state index in [2.05, 4.69) is 6.08 Å². The van der Waals surface area contributed by atoms with E-state index in [0.29, 0.717) is 5.69 Å². The van der Waals surface area contributed by atoms with Gasteiger partial charge in [0.1, 0.15) is 6.10 Å². The van der Waals surface area contributed by atoms with E-state index < -0.39 is 18.2 Å². The highest BCUT2D eigenvalue weighted by Crippen LogP contribution is 2.21. The third-order valence-electron chi connectivity index (χ3n) is 4.07. The summed E-state index contributed by atoms with van der Waals surface area (Å²) in [6.07, 6.45) is 6.93. The van der Waals surface area contributed by atoms with Crippen LogP contribution in [0.5, 0.6) is 0 Å². The molecule has 6 heteroatoms. The van der Waals surface area contributed by atoms with Crippen molar-refractivity contribution in [2.75, 3.05) is 11.9 Å². The molecule has 130 valence electrons. The highest BCUT2D eigenvalue weighted by molar-refractivity contribution is 5.87. The molecule has 0 saturated heterocycles. The van der Waals surface area contributed by atoms with Crippen molar-refractivity contribution in [2.24, 2.45) is 0 Å². The molecule has 1 aliphatic carbocycles. The van der Waals surface area contributed by atoms with Crippen LogP contribution in [0, 0.1) is 0 Å². The number of aliphatic carboxylic acids is 1. The molecule has 0 radical (unpaired) electrons. The lowest BCUT2D eigenvalue weighted by Crippen LogP contribution is -2.30. The smallest absolute Gasteiger partial charge is 0.414 e. The van der Waals surface area contributed by atoms with Crippen molar-refractivity contribution in [3.8, 4) is 0 Å². The molecule has 1 aromatic carbocycles. The van der Waals surface area contributed by atoms with Crippen molar-refractivity contribution >= 4 is 17.7 Å². The third-order valence-corrected chi connectivity index (χ3v) is 4.07. The van der Waals surface area contributed by atoms with Crippen LogP contribution >= 0.6 is 0 Å². The normalized spacial score (nSPS) is 20.3. The monoisotopic (exact) mass is 333 g/mol. The van der Waals surface area contributed by atoms with E-state index in [9.17, 15) is 14.7 Å². The Balaban J connectivity index is 1.99. The summed E-state index contributed by atoms with van der Waals surface area (Å²) in [6, 6.07) is 6.12. The number of carboxylic acids is 1. The van der Waals surface area contributed by atoms with E-state index in [-0.39, 0.29) is 11.7 Å². The number of hydrogen-bond donors (Lipinski definition) is 2. The van der Waals surface area contributed by atoms with Crippen molar-refractivity contribution in [1.29, 1.82) is 0 Å². The molecule has 2 atom stereocenters. The van der Waals surface area contributed by atoms with Gasteiger partial charge in [0.25, 0.3) is 0 Å². The van der Waals surface area contributed by atoms with Gasteiger partial charge in [-0.05, 0) is 49.5 Å². The number of nitrogens with zero attached hydrogens (tertiary/aromatic N) is 1. The molecule has 1 amide bonds. The number of carbonyl (C=O) groups excluding carboxylic acids is 1. The average molecular weight is 333 g/mol. The lowest BCUT2D eigenvalue weighted by atomic mass is 10.0. The Labute approximate surface area is 141 Å². The second kappa shape index (κ2) is 8.49. The van der Waals surface area contributed by atoms with E-state index in [1.165, 1.54) is 23.5 Å². The minimum Gasteiger partial charge on any atom is -0.479 e. The summed E-state index contributed by atoms with van der Waals surface area (Å²) in [6.45, 7) is 0. The number of anilines is 1.